The van der Waals surface area contributed by atoms with E-state index >= 15 is 0 Å². The molecule has 1 aromatic heterocycles. The van der Waals surface area contributed by atoms with E-state index < -0.39 is 5.82 Å². The number of carbonyl (C=O) groups is 2. The number of piperidine rings is 1. The van der Waals surface area contributed by atoms with Crippen LogP contribution in [-0.2, 0) is 21.5 Å². The van der Waals surface area contributed by atoms with Crippen LogP contribution < -0.4 is 5.32 Å². The fraction of sp³-hybridized carbons (Fsp3) is 0.346. The van der Waals surface area contributed by atoms with Crippen LogP contribution in [0, 0.1) is 5.82 Å². The van der Waals surface area contributed by atoms with Crippen molar-refractivity contribution in [2.45, 2.75) is 36.9 Å². The third-order valence-electron chi connectivity index (χ3n) is 7.19. The first-order chi connectivity index (χ1) is 16.5. The molecule has 0 saturated carbocycles. The number of hydrogen-bond acceptors (Lipinski definition) is 4. The zero-order valence-corrected chi connectivity index (χ0v) is 19.0. The largest absolute Gasteiger partial charge is 0.378 e. The normalized spacial score (nSPS) is 20.8. The quantitative estimate of drug-likeness (QED) is 0.632. The zero-order chi connectivity index (χ0) is 23.7. The molecule has 2 amide bonds. The van der Waals surface area contributed by atoms with Gasteiger partial charge in [-0.1, -0.05) is 30.3 Å². The van der Waals surface area contributed by atoms with Gasteiger partial charge in [-0.2, -0.15) is 0 Å². The number of carbonyl (C=O) groups excluding carboxylic acids is 2. The van der Waals surface area contributed by atoms with Crippen LogP contribution in [-0.4, -0.2) is 52.6 Å². The van der Waals surface area contributed by atoms with Gasteiger partial charge in [-0.3, -0.25) is 9.59 Å². The number of ether oxygens (including phenoxy) is 1. The number of aromatic nitrogens is 2. The monoisotopic (exact) mass is 462 g/mol. The van der Waals surface area contributed by atoms with Gasteiger partial charge in [0.1, 0.15) is 12.4 Å². The molecule has 1 fully saturated rings. The standard InChI is InChI=1S/C26H27FN4O3/c1-34-24-23(29-25(33)18-5-4-6-19(27)15-18)20-7-2-3-8-21(20)26(24)9-12-31(13-10-26)22(32)16-30-14-11-28-17-30/h2-8,11,14-15,17,23-24H,9-10,12-13,16H2,1H3,(H,29,33)/t23-,24+/m1/s1. The minimum Gasteiger partial charge on any atom is -0.378 e. The third kappa shape index (κ3) is 3.88. The first-order valence-corrected chi connectivity index (χ1v) is 11.4. The molecule has 1 N–H and O–H groups in total. The Kier molecular flexibility index (Phi) is 5.91. The Bertz CT molecular complexity index is 1190. The lowest BCUT2D eigenvalue weighted by Crippen LogP contribution is -2.52. The highest BCUT2D eigenvalue weighted by molar-refractivity contribution is 5.94. The van der Waals surface area contributed by atoms with Gasteiger partial charge < -0.3 is 19.5 Å². The number of rotatable bonds is 5. The van der Waals surface area contributed by atoms with E-state index in [4.69, 9.17) is 4.74 Å². The van der Waals surface area contributed by atoms with Gasteiger partial charge in [-0.15, -0.1) is 0 Å². The molecule has 0 bridgehead atoms. The summed E-state index contributed by atoms with van der Waals surface area (Å²) in [5, 5.41) is 3.09. The Morgan fingerprint density at radius 2 is 1.97 bits per heavy atom. The van der Waals surface area contributed by atoms with Crippen LogP contribution in [0.5, 0.6) is 0 Å². The summed E-state index contributed by atoms with van der Waals surface area (Å²) in [6, 6.07) is 13.4. The maximum atomic E-state index is 13.7. The average molecular weight is 463 g/mol. The van der Waals surface area contributed by atoms with Crippen LogP contribution >= 0.6 is 0 Å². The Morgan fingerprint density at radius 1 is 1.18 bits per heavy atom. The smallest absolute Gasteiger partial charge is 0.251 e. The average Bonchev–Trinajstić information content (AvgIpc) is 3.45. The maximum Gasteiger partial charge on any atom is 0.251 e. The van der Waals surface area contributed by atoms with Crippen molar-refractivity contribution >= 4 is 11.8 Å². The van der Waals surface area contributed by atoms with E-state index in [0.717, 1.165) is 24.0 Å². The van der Waals surface area contributed by atoms with Gasteiger partial charge in [0.25, 0.3) is 5.91 Å². The maximum absolute atomic E-state index is 13.7. The highest BCUT2D eigenvalue weighted by atomic mass is 19.1. The molecule has 7 nitrogen and oxygen atoms in total. The van der Waals surface area contributed by atoms with Crippen LogP contribution in [0.1, 0.15) is 40.4 Å². The van der Waals surface area contributed by atoms with Gasteiger partial charge in [0.05, 0.1) is 18.5 Å². The van der Waals surface area contributed by atoms with Crippen LogP contribution in [0.3, 0.4) is 0 Å². The molecule has 3 aromatic rings. The minimum atomic E-state index is -0.452. The molecule has 2 aromatic carbocycles. The molecule has 2 aliphatic rings. The summed E-state index contributed by atoms with van der Waals surface area (Å²) in [4.78, 5) is 31.7. The number of imidazole rings is 1. The van der Waals surface area contributed by atoms with E-state index in [0.29, 0.717) is 13.1 Å². The second-order valence-corrected chi connectivity index (χ2v) is 8.98. The summed E-state index contributed by atoms with van der Waals surface area (Å²) in [7, 11) is 1.66. The SMILES string of the molecule is CO[C@H]1[C@H](NC(=O)c2cccc(F)c2)c2ccccc2C12CCN(C(=O)Cn1ccnc1)CC2. The summed E-state index contributed by atoms with van der Waals surface area (Å²) >= 11 is 0. The predicted molar refractivity (Wildman–Crippen MR) is 124 cm³/mol. The molecule has 1 spiro atoms. The number of fused-ring (bicyclic) bond motifs is 2. The first kappa shape index (κ1) is 22.3. The number of likely N-dealkylation sites (tertiary alicyclic amines) is 1. The fourth-order valence-electron chi connectivity index (χ4n) is 5.57. The van der Waals surface area contributed by atoms with Crippen molar-refractivity contribution < 1.29 is 18.7 Å². The van der Waals surface area contributed by atoms with Gasteiger partial charge in [0.2, 0.25) is 5.91 Å². The van der Waals surface area contributed by atoms with E-state index in [2.05, 4.69) is 16.4 Å². The third-order valence-corrected chi connectivity index (χ3v) is 7.19. The molecule has 8 heteroatoms. The molecule has 5 rings (SSSR count). The lowest BCUT2D eigenvalue weighted by molar-refractivity contribution is -0.134. The molecular weight excluding hydrogens is 435 g/mol. The van der Waals surface area contributed by atoms with Crippen molar-refractivity contribution in [1.29, 1.82) is 0 Å². The van der Waals surface area contributed by atoms with E-state index in [1.54, 1.807) is 36.5 Å². The lowest BCUT2D eigenvalue weighted by atomic mass is 9.72. The summed E-state index contributed by atoms with van der Waals surface area (Å²) in [5.74, 6) is -0.734. The summed E-state index contributed by atoms with van der Waals surface area (Å²) < 4.78 is 21.5. The van der Waals surface area contributed by atoms with Crippen LogP contribution in [0.15, 0.2) is 67.3 Å². The van der Waals surface area contributed by atoms with E-state index in [9.17, 15) is 14.0 Å². The molecule has 0 radical (unpaired) electrons. The van der Waals surface area contributed by atoms with Gasteiger partial charge in [-0.25, -0.2) is 9.37 Å². The molecule has 2 heterocycles. The molecule has 0 unspecified atom stereocenters. The number of amides is 2. The van der Waals surface area contributed by atoms with Crippen molar-refractivity contribution in [3.05, 3.63) is 89.8 Å². The van der Waals surface area contributed by atoms with Crippen molar-refractivity contribution in [2.24, 2.45) is 0 Å². The fourth-order valence-corrected chi connectivity index (χ4v) is 5.57. The van der Waals surface area contributed by atoms with Crippen molar-refractivity contribution in [3.8, 4) is 0 Å². The molecule has 34 heavy (non-hydrogen) atoms. The van der Waals surface area contributed by atoms with Crippen molar-refractivity contribution in [2.75, 3.05) is 20.2 Å². The Labute approximate surface area is 197 Å². The topological polar surface area (TPSA) is 76.5 Å². The van der Waals surface area contributed by atoms with E-state index in [1.165, 1.54) is 18.2 Å². The zero-order valence-electron chi connectivity index (χ0n) is 19.0. The summed E-state index contributed by atoms with van der Waals surface area (Å²) in [6.45, 7) is 1.47. The molecule has 1 aliphatic carbocycles. The molecular formula is C26H27FN4O3. The van der Waals surface area contributed by atoms with Gasteiger partial charge in [-0.05, 0) is 42.2 Å². The van der Waals surface area contributed by atoms with Crippen LogP contribution in [0.2, 0.25) is 0 Å². The Morgan fingerprint density at radius 3 is 2.68 bits per heavy atom. The van der Waals surface area contributed by atoms with Crippen molar-refractivity contribution in [1.82, 2.24) is 19.8 Å². The molecule has 2 atom stereocenters. The van der Waals surface area contributed by atoms with Gasteiger partial charge >= 0.3 is 0 Å². The Hall–Kier alpha value is -3.52. The summed E-state index contributed by atoms with van der Waals surface area (Å²) in [6.07, 6.45) is 6.24. The van der Waals surface area contributed by atoms with Crippen molar-refractivity contribution in [3.63, 3.8) is 0 Å². The number of halogens is 1. The molecule has 1 aliphatic heterocycles. The highest BCUT2D eigenvalue weighted by Gasteiger charge is 2.54. The number of hydrogen-bond donors (Lipinski definition) is 1. The van der Waals surface area contributed by atoms with Crippen LogP contribution in [0.4, 0.5) is 4.39 Å². The summed E-state index contributed by atoms with van der Waals surface area (Å²) in [5.41, 5.74) is 2.11. The van der Waals surface area contributed by atoms with E-state index in [-0.39, 0.29) is 41.5 Å². The lowest BCUT2D eigenvalue weighted by Gasteiger charge is -2.44. The first-order valence-electron chi connectivity index (χ1n) is 11.4. The number of nitrogens with zero attached hydrogens (tertiary/aromatic N) is 3. The molecule has 1 saturated heterocycles. The Balaban J connectivity index is 1.38. The number of methoxy groups -OCH3 is 1. The molecule has 176 valence electrons. The number of nitrogens with one attached hydrogen (secondary N) is 1. The second kappa shape index (κ2) is 9.02. The second-order valence-electron chi connectivity index (χ2n) is 8.98. The predicted octanol–water partition coefficient (Wildman–Crippen LogP) is 3.08. The highest BCUT2D eigenvalue weighted by Crippen LogP contribution is 2.52. The number of benzene rings is 2. The van der Waals surface area contributed by atoms with Gasteiger partial charge in [0, 0.05) is 43.6 Å². The van der Waals surface area contributed by atoms with E-state index in [1.807, 2.05) is 23.1 Å². The van der Waals surface area contributed by atoms with Gasteiger partial charge in [0.15, 0.2) is 0 Å². The minimum absolute atomic E-state index is 0.0593. The van der Waals surface area contributed by atoms with Crippen LogP contribution in [0.25, 0.3) is 0 Å².